The standard InChI is InChI=1S/C10H21F3N2/c1-2-9(8-14)4-7-15-6-3-5-10(11,12)13/h9,15H,2-8,14H2,1H3. The summed E-state index contributed by atoms with van der Waals surface area (Å²) >= 11 is 0. The summed E-state index contributed by atoms with van der Waals surface area (Å²) in [6.45, 7) is 3.91. The van der Waals surface area contributed by atoms with E-state index >= 15 is 0 Å². The minimum absolute atomic E-state index is 0.156. The highest BCUT2D eigenvalue weighted by molar-refractivity contribution is 4.60. The molecule has 3 N–H and O–H groups in total. The van der Waals surface area contributed by atoms with Crippen LogP contribution in [0.1, 0.15) is 32.6 Å². The first-order chi connectivity index (χ1) is 6.99. The third-order valence-corrected chi connectivity index (χ3v) is 2.45. The zero-order valence-corrected chi connectivity index (χ0v) is 9.24. The van der Waals surface area contributed by atoms with Crippen LogP contribution in [0.25, 0.3) is 0 Å². The average Bonchev–Trinajstić information content (AvgIpc) is 2.15. The molecule has 0 aromatic carbocycles. The summed E-state index contributed by atoms with van der Waals surface area (Å²) in [5.74, 6) is 0.486. The third kappa shape index (κ3) is 10.0. The van der Waals surface area contributed by atoms with Crippen molar-refractivity contribution >= 4 is 0 Å². The van der Waals surface area contributed by atoms with Crippen LogP contribution in [0.4, 0.5) is 13.2 Å². The average molecular weight is 226 g/mol. The van der Waals surface area contributed by atoms with E-state index in [1.807, 2.05) is 0 Å². The molecule has 0 saturated heterocycles. The summed E-state index contributed by atoms with van der Waals surface area (Å²) in [6, 6.07) is 0. The molecule has 1 unspecified atom stereocenters. The lowest BCUT2D eigenvalue weighted by Crippen LogP contribution is -2.23. The van der Waals surface area contributed by atoms with E-state index in [0.29, 0.717) is 19.0 Å². The summed E-state index contributed by atoms with van der Waals surface area (Å²) < 4.78 is 35.3. The number of rotatable bonds is 8. The highest BCUT2D eigenvalue weighted by Crippen LogP contribution is 2.20. The van der Waals surface area contributed by atoms with Crippen molar-refractivity contribution < 1.29 is 13.2 Å². The van der Waals surface area contributed by atoms with E-state index in [1.165, 1.54) is 0 Å². The maximum absolute atomic E-state index is 11.8. The van der Waals surface area contributed by atoms with Crippen molar-refractivity contribution in [2.24, 2.45) is 11.7 Å². The molecule has 0 spiro atoms. The third-order valence-electron chi connectivity index (χ3n) is 2.45. The molecule has 0 aliphatic carbocycles. The lowest BCUT2D eigenvalue weighted by atomic mass is 10.0. The number of alkyl halides is 3. The normalized spacial score (nSPS) is 14.2. The van der Waals surface area contributed by atoms with Crippen molar-refractivity contribution in [3.63, 3.8) is 0 Å². The Hall–Kier alpha value is -0.290. The Kier molecular flexibility index (Phi) is 7.78. The van der Waals surface area contributed by atoms with Crippen LogP contribution in [-0.2, 0) is 0 Å². The molecule has 0 aliphatic heterocycles. The Balaban J connectivity index is 3.25. The number of nitrogens with two attached hydrogens (primary N) is 1. The van der Waals surface area contributed by atoms with Crippen LogP contribution >= 0.6 is 0 Å². The van der Waals surface area contributed by atoms with Gasteiger partial charge in [-0.2, -0.15) is 13.2 Å². The lowest BCUT2D eigenvalue weighted by Gasteiger charge is -2.12. The molecule has 0 amide bonds. The number of halogens is 3. The maximum Gasteiger partial charge on any atom is 0.389 e. The first-order valence-electron chi connectivity index (χ1n) is 5.47. The van der Waals surface area contributed by atoms with Crippen LogP contribution in [0.5, 0.6) is 0 Å². The first-order valence-corrected chi connectivity index (χ1v) is 5.47. The van der Waals surface area contributed by atoms with E-state index in [1.54, 1.807) is 0 Å². The summed E-state index contributed by atoms with van der Waals surface area (Å²) in [4.78, 5) is 0. The molecule has 0 heterocycles. The zero-order chi connectivity index (χ0) is 11.7. The van der Waals surface area contributed by atoms with Crippen molar-refractivity contribution in [1.29, 1.82) is 0 Å². The van der Waals surface area contributed by atoms with Gasteiger partial charge < -0.3 is 11.1 Å². The van der Waals surface area contributed by atoms with Gasteiger partial charge in [-0.15, -0.1) is 0 Å². The molecule has 15 heavy (non-hydrogen) atoms. The number of hydrogen-bond acceptors (Lipinski definition) is 2. The quantitative estimate of drug-likeness (QED) is 0.623. The molecule has 5 heteroatoms. The Bertz CT molecular complexity index is 144. The molecule has 0 bridgehead atoms. The van der Waals surface area contributed by atoms with E-state index < -0.39 is 12.6 Å². The minimum Gasteiger partial charge on any atom is -0.330 e. The molecule has 0 fully saturated rings. The van der Waals surface area contributed by atoms with Crippen LogP contribution in [0.3, 0.4) is 0 Å². The van der Waals surface area contributed by atoms with Crippen molar-refractivity contribution in [2.45, 2.75) is 38.8 Å². The van der Waals surface area contributed by atoms with Gasteiger partial charge in [0, 0.05) is 6.42 Å². The van der Waals surface area contributed by atoms with Crippen molar-refractivity contribution in [3.8, 4) is 0 Å². The van der Waals surface area contributed by atoms with Crippen LogP contribution in [0, 0.1) is 5.92 Å². The molecule has 0 aromatic rings. The van der Waals surface area contributed by atoms with E-state index in [-0.39, 0.29) is 6.42 Å². The van der Waals surface area contributed by atoms with Crippen LogP contribution < -0.4 is 11.1 Å². The SMILES string of the molecule is CCC(CN)CCNCCCC(F)(F)F. The largest absolute Gasteiger partial charge is 0.389 e. The first kappa shape index (κ1) is 14.7. The second-order valence-corrected chi connectivity index (χ2v) is 3.77. The highest BCUT2D eigenvalue weighted by atomic mass is 19.4. The van der Waals surface area contributed by atoms with Gasteiger partial charge in [0.1, 0.15) is 0 Å². The van der Waals surface area contributed by atoms with Gasteiger partial charge in [0.15, 0.2) is 0 Å². The van der Waals surface area contributed by atoms with Gasteiger partial charge in [0.05, 0.1) is 0 Å². The molecule has 0 saturated carbocycles. The molecule has 0 rings (SSSR count). The molecule has 92 valence electrons. The second kappa shape index (κ2) is 7.93. The summed E-state index contributed by atoms with van der Waals surface area (Å²) in [5, 5.41) is 3.00. The Morgan fingerprint density at radius 1 is 1.27 bits per heavy atom. The highest BCUT2D eigenvalue weighted by Gasteiger charge is 2.25. The van der Waals surface area contributed by atoms with Gasteiger partial charge in [0.2, 0.25) is 0 Å². The van der Waals surface area contributed by atoms with Gasteiger partial charge in [-0.25, -0.2) is 0 Å². The molecule has 1 atom stereocenters. The fraction of sp³-hybridized carbons (Fsp3) is 1.00. The number of hydrogen-bond donors (Lipinski definition) is 2. The summed E-state index contributed by atoms with van der Waals surface area (Å²) in [6.07, 6.45) is -2.60. The van der Waals surface area contributed by atoms with Crippen molar-refractivity contribution in [3.05, 3.63) is 0 Å². The predicted octanol–water partition coefficient (Wildman–Crippen LogP) is 2.29. The lowest BCUT2D eigenvalue weighted by molar-refractivity contribution is -0.135. The Labute approximate surface area is 89.4 Å². The monoisotopic (exact) mass is 226 g/mol. The fourth-order valence-electron chi connectivity index (χ4n) is 1.33. The minimum atomic E-state index is -4.02. The van der Waals surface area contributed by atoms with Gasteiger partial charge in [-0.1, -0.05) is 13.3 Å². The smallest absolute Gasteiger partial charge is 0.330 e. The van der Waals surface area contributed by atoms with E-state index in [9.17, 15) is 13.2 Å². The Morgan fingerprint density at radius 2 is 1.93 bits per heavy atom. The Morgan fingerprint density at radius 3 is 2.40 bits per heavy atom. The van der Waals surface area contributed by atoms with Crippen LogP contribution in [0.15, 0.2) is 0 Å². The predicted molar refractivity (Wildman–Crippen MR) is 55.6 cm³/mol. The van der Waals surface area contributed by atoms with Gasteiger partial charge in [0.25, 0.3) is 0 Å². The van der Waals surface area contributed by atoms with Gasteiger partial charge in [-0.05, 0) is 38.4 Å². The fourth-order valence-corrected chi connectivity index (χ4v) is 1.33. The maximum atomic E-state index is 11.8. The van der Waals surface area contributed by atoms with Crippen LogP contribution in [0.2, 0.25) is 0 Å². The van der Waals surface area contributed by atoms with Crippen molar-refractivity contribution in [1.82, 2.24) is 5.32 Å². The molecule has 0 radical (unpaired) electrons. The number of nitrogens with one attached hydrogen (secondary N) is 1. The summed E-state index contributed by atoms with van der Waals surface area (Å²) in [7, 11) is 0. The molecule has 0 aliphatic rings. The van der Waals surface area contributed by atoms with Crippen molar-refractivity contribution in [2.75, 3.05) is 19.6 Å². The molecular formula is C10H21F3N2. The van der Waals surface area contributed by atoms with E-state index in [0.717, 1.165) is 19.4 Å². The van der Waals surface area contributed by atoms with Crippen LogP contribution in [-0.4, -0.2) is 25.8 Å². The summed E-state index contributed by atoms with van der Waals surface area (Å²) in [5.41, 5.74) is 5.50. The zero-order valence-electron chi connectivity index (χ0n) is 9.24. The molecule has 0 aromatic heterocycles. The van der Waals surface area contributed by atoms with Gasteiger partial charge in [-0.3, -0.25) is 0 Å². The van der Waals surface area contributed by atoms with E-state index in [4.69, 9.17) is 5.73 Å². The van der Waals surface area contributed by atoms with Gasteiger partial charge >= 0.3 is 6.18 Å². The topological polar surface area (TPSA) is 38.0 Å². The molecule has 2 nitrogen and oxygen atoms in total. The van der Waals surface area contributed by atoms with E-state index in [2.05, 4.69) is 12.2 Å². The molecular weight excluding hydrogens is 205 g/mol. The second-order valence-electron chi connectivity index (χ2n) is 3.77.